The SMILES string of the molecule is CCS(=O)(=O)CCNc1nc2c(s1)c(C)nn2C. The number of rotatable bonds is 5. The normalized spacial score (nSPS) is 12.2. The van der Waals surface area contributed by atoms with Crippen LogP contribution in [0, 0.1) is 6.92 Å². The molecule has 0 amide bonds. The third-order valence-electron chi connectivity index (χ3n) is 2.67. The van der Waals surface area contributed by atoms with Gasteiger partial charge in [-0.2, -0.15) is 5.10 Å². The summed E-state index contributed by atoms with van der Waals surface area (Å²) >= 11 is 1.50. The highest BCUT2D eigenvalue weighted by atomic mass is 32.2. The summed E-state index contributed by atoms with van der Waals surface area (Å²) in [4.78, 5) is 4.39. The molecule has 6 nitrogen and oxygen atoms in total. The van der Waals surface area contributed by atoms with Crippen molar-refractivity contribution in [2.45, 2.75) is 13.8 Å². The van der Waals surface area contributed by atoms with E-state index in [0.29, 0.717) is 6.54 Å². The van der Waals surface area contributed by atoms with Crippen LogP contribution in [0.15, 0.2) is 0 Å². The van der Waals surface area contributed by atoms with Crippen LogP contribution >= 0.6 is 11.3 Å². The van der Waals surface area contributed by atoms with Crippen LogP contribution in [-0.2, 0) is 16.9 Å². The van der Waals surface area contributed by atoms with E-state index >= 15 is 0 Å². The average molecular weight is 288 g/mol. The van der Waals surface area contributed by atoms with E-state index in [1.54, 1.807) is 11.6 Å². The van der Waals surface area contributed by atoms with E-state index in [-0.39, 0.29) is 11.5 Å². The van der Waals surface area contributed by atoms with Gasteiger partial charge in [0, 0.05) is 19.3 Å². The molecule has 0 unspecified atom stereocenters. The van der Waals surface area contributed by atoms with Crippen LogP contribution in [0.5, 0.6) is 0 Å². The molecule has 0 bridgehead atoms. The maximum Gasteiger partial charge on any atom is 0.185 e. The number of aromatic nitrogens is 3. The van der Waals surface area contributed by atoms with Crippen molar-refractivity contribution < 1.29 is 8.42 Å². The van der Waals surface area contributed by atoms with Crippen LogP contribution in [-0.4, -0.2) is 41.2 Å². The summed E-state index contributed by atoms with van der Waals surface area (Å²) < 4.78 is 25.5. The minimum Gasteiger partial charge on any atom is -0.360 e. The molecular formula is C10H16N4O2S2. The fourth-order valence-electron chi connectivity index (χ4n) is 1.62. The lowest BCUT2D eigenvalue weighted by atomic mass is 10.5. The minimum atomic E-state index is -2.93. The number of aryl methyl sites for hydroxylation is 2. The van der Waals surface area contributed by atoms with Crippen molar-refractivity contribution in [1.29, 1.82) is 0 Å². The average Bonchev–Trinajstić information content (AvgIpc) is 2.82. The lowest BCUT2D eigenvalue weighted by Gasteiger charge is -2.02. The van der Waals surface area contributed by atoms with Gasteiger partial charge in [-0.05, 0) is 6.92 Å². The Balaban J connectivity index is 2.07. The number of sulfone groups is 1. The summed E-state index contributed by atoms with van der Waals surface area (Å²) in [5.74, 6) is 0.314. The Morgan fingerprint density at radius 3 is 2.78 bits per heavy atom. The van der Waals surface area contributed by atoms with Gasteiger partial charge in [-0.25, -0.2) is 18.1 Å². The monoisotopic (exact) mass is 288 g/mol. The smallest absolute Gasteiger partial charge is 0.185 e. The Labute approximate surface area is 110 Å². The molecule has 0 fully saturated rings. The molecule has 2 aromatic rings. The maximum atomic E-state index is 11.3. The molecule has 18 heavy (non-hydrogen) atoms. The first-order chi connectivity index (χ1) is 8.43. The van der Waals surface area contributed by atoms with Gasteiger partial charge in [0.25, 0.3) is 0 Å². The lowest BCUT2D eigenvalue weighted by Crippen LogP contribution is -2.17. The predicted octanol–water partition coefficient (Wildman–Crippen LogP) is 1.18. The Morgan fingerprint density at radius 2 is 2.17 bits per heavy atom. The van der Waals surface area contributed by atoms with Gasteiger partial charge < -0.3 is 5.32 Å². The Bertz CT molecular complexity index is 622. The van der Waals surface area contributed by atoms with Crippen LogP contribution in [0.2, 0.25) is 0 Å². The molecule has 0 aliphatic carbocycles. The standard InChI is InChI=1S/C10H16N4O2S2/c1-4-18(15,16)6-5-11-10-12-9-8(17-10)7(2)13-14(9)3/h4-6H2,1-3H3,(H,11,12). The second-order valence-electron chi connectivity index (χ2n) is 4.04. The summed E-state index contributed by atoms with van der Waals surface area (Å²) in [6.07, 6.45) is 0. The molecule has 2 rings (SSSR count). The van der Waals surface area contributed by atoms with Crippen molar-refractivity contribution >= 4 is 36.7 Å². The highest BCUT2D eigenvalue weighted by Crippen LogP contribution is 2.27. The highest BCUT2D eigenvalue weighted by molar-refractivity contribution is 7.91. The number of nitrogens with zero attached hydrogens (tertiary/aromatic N) is 3. The van der Waals surface area contributed by atoms with Crippen molar-refractivity contribution in [2.75, 3.05) is 23.4 Å². The van der Waals surface area contributed by atoms with Crippen molar-refractivity contribution in [3.63, 3.8) is 0 Å². The largest absolute Gasteiger partial charge is 0.360 e. The van der Waals surface area contributed by atoms with Crippen molar-refractivity contribution in [2.24, 2.45) is 7.05 Å². The highest BCUT2D eigenvalue weighted by Gasteiger charge is 2.12. The number of anilines is 1. The quantitative estimate of drug-likeness (QED) is 0.894. The molecule has 100 valence electrons. The van der Waals surface area contributed by atoms with E-state index in [2.05, 4.69) is 15.4 Å². The van der Waals surface area contributed by atoms with Gasteiger partial charge >= 0.3 is 0 Å². The van der Waals surface area contributed by atoms with E-state index in [9.17, 15) is 8.42 Å². The summed E-state index contributed by atoms with van der Waals surface area (Å²) in [6.45, 7) is 3.98. The van der Waals surface area contributed by atoms with Crippen molar-refractivity contribution in [1.82, 2.24) is 14.8 Å². The van der Waals surface area contributed by atoms with E-state index in [4.69, 9.17) is 0 Å². The van der Waals surface area contributed by atoms with Crippen molar-refractivity contribution in [3.05, 3.63) is 5.69 Å². The molecule has 0 radical (unpaired) electrons. The zero-order valence-corrected chi connectivity index (χ0v) is 12.2. The molecule has 1 N–H and O–H groups in total. The van der Waals surface area contributed by atoms with Gasteiger partial charge in [-0.3, -0.25) is 0 Å². The van der Waals surface area contributed by atoms with Gasteiger partial charge in [0.2, 0.25) is 0 Å². The second-order valence-corrected chi connectivity index (χ2v) is 7.52. The number of fused-ring (bicyclic) bond motifs is 1. The summed E-state index contributed by atoms with van der Waals surface area (Å²) in [5, 5.41) is 8.06. The summed E-state index contributed by atoms with van der Waals surface area (Å²) in [7, 11) is -1.08. The fourth-order valence-corrected chi connectivity index (χ4v) is 3.28. The molecular weight excluding hydrogens is 272 g/mol. The number of nitrogens with one attached hydrogen (secondary N) is 1. The molecule has 0 aliphatic heterocycles. The van der Waals surface area contributed by atoms with Gasteiger partial charge in [-0.15, -0.1) is 0 Å². The Hall–Kier alpha value is -1.15. The Morgan fingerprint density at radius 1 is 1.44 bits per heavy atom. The molecule has 0 aliphatic rings. The molecule has 0 spiro atoms. The number of hydrogen-bond acceptors (Lipinski definition) is 6. The third-order valence-corrected chi connectivity index (χ3v) is 5.49. The topological polar surface area (TPSA) is 76.9 Å². The van der Waals surface area contributed by atoms with Gasteiger partial charge in [0.15, 0.2) is 20.6 Å². The Kier molecular flexibility index (Phi) is 3.58. The molecule has 0 atom stereocenters. The van der Waals surface area contributed by atoms with Crippen molar-refractivity contribution in [3.8, 4) is 0 Å². The predicted molar refractivity (Wildman–Crippen MR) is 73.9 cm³/mol. The van der Waals surface area contributed by atoms with Crippen LogP contribution in [0.4, 0.5) is 5.13 Å². The first kappa shape index (κ1) is 13.3. The fraction of sp³-hybridized carbons (Fsp3) is 0.600. The second kappa shape index (κ2) is 4.85. The molecule has 0 saturated carbocycles. The van der Waals surface area contributed by atoms with Crippen LogP contribution in [0.1, 0.15) is 12.6 Å². The summed E-state index contributed by atoms with van der Waals surface area (Å²) in [6, 6.07) is 0. The van der Waals surface area contributed by atoms with Crippen LogP contribution in [0.3, 0.4) is 0 Å². The van der Waals surface area contributed by atoms with E-state index in [1.165, 1.54) is 11.3 Å². The minimum absolute atomic E-state index is 0.136. The zero-order valence-electron chi connectivity index (χ0n) is 10.6. The molecule has 0 saturated heterocycles. The van der Waals surface area contributed by atoms with Gasteiger partial charge in [0.1, 0.15) is 0 Å². The van der Waals surface area contributed by atoms with Gasteiger partial charge in [0.05, 0.1) is 16.1 Å². The first-order valence-electron chi connectivity index (χ1n) is 5.67. The zero-order chi connectivity index (χ0) is 13.3. The van der Waals surface area contributed by atoms with E-state index in [1.807, 2.05) is 14.0 Å². The maximum absolute atomic E-state index is 11.3. The number of hydrogen-bond donors (Lipinski definition) is 1. The lowest BCUT2D eigenvalue weighted by molar-refractivity contribution is 0.597. The van der Waals surface area contributed by atoms with E-state index < -0.39 is 9.84 Å². The number of thiazole rings is 1. The van der Waals surface area contributed by atoms with E-state index in [0.717, 1.165) is 21.2 Å². The summed E-state index contributed by atoms with van der Waals surface area (Å²) in [5.41, 5.74) is 1.78. The molecule has 2 heterocycles. The molecule has 0 aromatic carbocycles. The van der Waals surface area contributed by atoms with Gasteiger partial charge in [-0.1, -0.05) is 18.3 Å². The van der Waals surface area contributed by atoms with Crippen LogP contribution in [0.25, 0.3) is 10.3 Å². The first-order valence-corrected chi connectivity index (χ1v) is 8.31. The molecule has 8 heteroatoms. The molecule has 2 aromatic heterocycles. The van der Waals surface area contributed by atoms with Crippen LogP contribution < -0.4 is 5.32 Å². The third kappa shape index (κ3) is 2.64.